The van der Waals surface area contributed by atoms with Crippen LogP contribution >= 0.6 is 0 Å². The number of hydrogen-bond donors (Lipinski definition) is 1. The van der Waals surface area contributed by atoms with Crippen molar-refractivity contribution in [3.05, 3.63) is 30.1 Å². The Morgan fingerprint density at radius 2 is 1.94 bits per heavy atom. The Bertz CT molecular complexity index is 385. The van der Waals surface area contributed by atoms with E-state index in [-0.39, 0.29) is 11.7 Å². The standard InChI is InChI=1S/C14H20FNO2/c1-11(2)14(17)9-16(10-14)7-8-18-13-5-3-12(15)4-6-13/h3-6,11,17H,7-10H2,1-2H3. The van der Waals surface area contributed by atoms with Gasteiger partial charge in [0.2, 0.25) is 0 Å². The summed E-state index contributed by atoms with van der Waals surface area (Å²) < 4.78 is 18.2. The zero-order chi connectivity index (χ0) is 13.2. The molecular weight excluding hydrogens is 233 g/mol. The molecule has 0 radical (unpaired) electrons. The van der Waals surface area contributed by atoms with Crippen LogP contribution in [0.2, 0.25) is 0 Å². The molecule has 1 aromatic rings. The molecule has 0 bridgehead atoms. The predicted molar refractivity (Wildman–Crippen MR) is 68.1 cm³/mol. The highest BCUT2D eigenvalue weighted by atomic mass is 19.1. The number of nitrogens with zero attached hydrogens (tertiary/aromatic N) is 1. The van der Waals surface area contributed by atoms with Gasteiger partial charge in [-0.15, -0.1) is 0 Å². The lowest BCUT2D eigenvalue weighted by Crippen LogP contribution is -2.64. The van der Waals surface area contributed by atoms with Crippen LogP contribution in [0.3, 0.4) is 0 Å². The molecule has 0 amide bonds. The fourth-order valence-electron chi connectivity index (χ4n) is 2.07. The van der Waals surface area contributed by atoms with Crippen molar-refractivity contribution in [3.63, 3.8) is 0 Å². The first kappa shape index (κ1) is 13.3. The summed E-state index contributed by atoms with van der Waals surface area (Å²) in [5.74, 6) is 0.704. The smallest absolute Gasteiger partial charge is 0.123 e. The number of halogens is 1. The first-order chi connectivity index (χ1) is 8.49. The molecule has 1 N–H and O–H groups in total. The number of ether oxygens (including phenoxy) is 1. The largest absolute Gasteiger partial charge is 0.492 e. The number of likely N-dealkylation sites (tertiary alicyclic amines) is 1. The van der Waals surface area contributed by atoms with Crippen LogP contribution in [0.25, 0.3) is 0 Å². The van der Waals surface area contributed by atoms with Gasteiger partial charge in [-0.2, -0.15) is 0 Å². The molecule has 1 aromatic carbocycles. The molecule has 1 aliphatic rings. The zero-order valence-corrected chi connectivity index (χ0v) is 10.9. The monoisotopic (exact) mass is 253 g/mol. The van der Waals surface area contributed by atoms with Crippen molar-refractivity contribution in [2.75, 3.05) is 26.2 Å². The molecule has 1 fully saturated rings. The van der Waals surface area contributed by atoms with E-state index in [9.17, 15) is 9.50 Å². The van der Waals surface area contributed by atoms with Crippen molar-refractivity contribution < 1.29 is 14.2 Å². The van der Waals surface area contributed by atoms with Gasteiger partial charge < -0.3 is 9.84 Å². The highest BCUT2D eigenvalue weighted by Gasteiger charge is 2.43. The van der Waals surface area contributed by atoms with Gasteiger partial charge in [-0.05, 0) is 30.2 Å². The van der Waals surface area contributed by atoms with Gasteiger partial charge >= 0.3 is 0 Å². The van der Waals surface area contributed by atoms with Crippen LogP contribution in [-0.4, -0.2) is 41.8 Å². The fourth-order valence-corrected chi connectivity index (χ4v) is 2.07. The zero-order valence-electron chi connectivity index (χ0n) is 10.9. The van der Waals surface area contributed by atoms with Crippen molar-refractivity contribution in [2.45, 2.75) is 19.4 Å². The Morgan fingerprint density at radius 3 is 2.50 bits per heavy atom. The van der Waals surface area contributed by atoms with Crippen molar-refractivity contribution >= 4 is 0 Å². The van der Waals surface area contributed by atoms with Crippen molar-refractivity contribution in [1.82, 2.24) is 4.90 Å². The molecule has 0 aliphatic carbocycles. The van der Waals surface area contributed by atoms with E-state index in [1.54, 1.807) is 12.1 Å². The van der Waals surface area contributed by atoms with Crippen LogP contribution in [0, 0.1) is 11.7 Å². The van der Waals surface area contributed by atoms with Crippen LogP contribution in [0.5, 0.6) is 5.75 Å². The maximum Gasteiger partial charge on any atom is 0.123 e. The van der Waals surface area contributed by atoms with Crippen LogP contribution < -0.4 is 4.74 Å². The van der Waals surface area contributed by atoms with Gasteiger partial charge in [0.15, 0.2) is 0 Å². The van der Waals surface area contributed by atoms with E-state index in [0.717, 1.165) is 6.54 Å². The Kier molecular flexibility index (Phi) is 3.88. The van der Waals surface area contributed by atoms with Crippen LogP contribution in [0.15, 0.2) is 24.3 Å². The number of β-amino-alcohol motifs (C(OH)–C–C–N with tert-alkyl or cyclic N) is 1. The number of hydrogen-bond acceptors (Lipinski definition) is 3. The van der Waals surface area contributed by atoms with E-state index < -0.39 is 5.60 Å². The molecule has 0 atom stereocenters. The highest BCUT2D eigenvalue weighted by molar-refractivity contribution is 5.22. The summed E-state index contributed by atoms with van der Waals surface area (Å²) in [6.45, 7) is 6.82. The molecule has 2 rings (SSSR count). The SMILES string of the molecule is CC(C)C1(O)CN(CCOc2ccc(F)cc2)C1. The van der Waals surface area contributed by atoms with Crippen molar-refractivity contribution in [2.24, 2.45) is 5.92 Å². The minimum absolute atomic E-state index is 0.257. The Balaban J connectivity index is 1.67. The summed E-state index contributed by atoms with van der Waals surface area (Å²) in [6, 6.07) is 6.01. The quantitative estimate of drug-likeness (QED) is 0.870. The lowest BCUT2D eigenvalue weighted by molar-refractivity contribution is -0.129. The van der Waals surface area contributed by atoms with Gasteiger partial charge in [-0.25, -0.2) is 4.39 Å². The van der Waals surface area contributed by atoms with Crippen molar-refractivity contribution in [3.8, 4) is 5.75 Å². The summed E-state index contributed by atoms with van der Waals surface area (Å²) in [4.78, 5) is 2.16. The van der Waals surface area contributed by atoms with Crippen molar-refractivity contribution in [1.29, 1.82) is 0 Å². The maximum absolute atomic E-state index is 12.7. The average molecular weight is 253 g/mol. The number of aliphatic hydroxyl groups is 1. The van der Waals surface area contributed by atoms with E-state index in [4.69, 9.17) is 4.74 Å². The van der Waals surface area contributed by atoms with E-state index in [1.165, 1.54) is 12.1 Å². The molecule has 4 heteroatoms. The third-order valence-corrected chi connectivity index (χ3v) is 3.56. The third kappa shape index (κ3) is 3.00. The minimum Gasteiger partial charge on any atom is -0.492 e. The van der Waals surface area contributed by atoms with Gasteiger partial charge in [-0.1, -0.05) is 13.8 Å². The summed E-state index contributed by atoms with van der Waals surface area (Å²) in [5, 5.41) is 10.1. The molecule has 1 saturated heterocycles. The summed E-state index contributed by atoms with van der Waals surface area (Å²) in [6.07, 6.45) is 0. The molecule has 3 nitrogen and oxygen atoms in total. The van der Waals surface area contributed by atoms with E-state index >= 15 is 0 Å². The Labute approximate surface area is 107 Å². The molecule has 18 heavy (non-hydrogen) atoms. The van der Waals surface area contributed by atoms with Gasteiger partial charge in [0.1, 0.15) is 18.2 Å². The third-order valence-electron chi connectivity index (χ3n) is 3.56. The molecule has 0 unspecified atom stereocenters. The first-order valence-corrected chi connectivity index (χ1v) is 6.33. The van der Waals surface area contributed by atoms with E-state index in [0.29, 0.717) is 25.4 Å². The molecule has 0 saturated carbocycles. The lowest BCUT2D eigenvalue weighted by atomic mass is 9.83. The molecule has 0 spiro atoms. The van der Waals surface area contributed by atoms with Gasteiger partial charge in [0, 0.05) is 19.6 Å². The van der Waals surface area contributed by atoms with E-state index in [2.05, 4.69) is 4.90 Å². The average Bonchev–Trinajstić information content (AvgIpc) is 2.29. The summed E-state index contributed by atoms with van der Waals surface area (Å²) in [5.41, 5.74) is -0.532. The number of rotatable bonds is 5. The van der Waals surface area contributed by atoms with Crippen LogP contribution in [-0.2, 0) is 0 Å². The molecule has 1 aliphatic heterocycles. The molecular formula is C14H20FNO2. The topological polar surface area (TPSA) is 32.7 Å². The lowest BCUT2D eigenvalue weighted by Gasteiger charge is -2.49. The van der Waals surface area contributed by atoms with Gasteiger partial charge in [0.05, 0.1) is 5.60 Å². The first-order valence-electron chi connectivity index (χ1n) is 6.33. The fraction of sp³-hybridized carbons (Fsp3) is 0.571. The highest BCUT2D eigenvalue weighted by Crippen LogP contribution is 2.28. The molecule has 0 aromatic heterocycles. The normalized spacial score (nSPS) is 18.7. The maximum atomic E-state index is 12.7. The van der Waals surface area contributed by atoms with Gasteiger partial charge in [-0.3, -0.25) is 4.90 Å². The summed E-state index contributed by atoms with van der Waals surface area (Å²) in [7, 11) is 0. The number of benzene rings is 1. The Hall–Kier alpha value is -1.13. The molecule has 100 valence electrons. The van der Waals surface area contributed by atoms with Gasteiger partial charge in [0.25, 0.3) is 0 Å². The minimum atomic E-state index is -0.532. The van der Waals surface area contributed by atoms with Crippen LogP contribution in [0.4, 0.5) is 4.39 Å². The van der Waals surface area contributed by atoms with E-state index in [1.807, 2.05) is 13.8 Å². The second-order valence-electron chi connectivity index (χ2n) is 5.27. The Morgan fingerprint density at radius 1 is 1.33 bits per heavy atom. The second-order valence-corrected chi connectivity index (χ2v) is 5.27. The second kappa shape index (κ2) is 5.24. The summed E-state index contributed by atoms with van der Waals surface area (Å²) >= 11 is 0. The molecule has 1 heterocycles. The predicted octanol–water partition coefficient (Wildman–Crippen LogP) is 1.91. The van der Waals surface area contributed by atoms with Crippen LogP contribution in [0.1, 0.15) is 13.8 Å².